The molecular weight excluding hydrogens is 787 g/mol. The number of aliphatic hydroxyl groups excluding tert-OH is 8. The summed E-state index contributed by atoms with van der Waals surface area (Å²) in [5.41, 5.74) is 0. The molecular formula is C47H81NO13. The molecule has 0 aliphatic carbocycles. The number of unbranched alkanes of at least 4 members (excludes halogenated alkanes) is 12. The minimum absolute atomic E-state index is 0.251. The number of rotatable bonds is 33. The minimum Gasteiger partial charge on any atom is -0.394 e. The molecule has 0 saturated carbocycles. The highest BCUT2D eigenvalue weighted by atomic mass is 16.7. The van der Waals surface area contributed by atoms with Crippen LogP contribution in [0.2, 0.25) is 0 Å². The Balaban J connectivity index is 1.91. The van der Waals surface area contributed by atoms with Crippen LogP contribution in [-0.4, -0.2) is 140 Å². The number of aliphatic hydroxyl groups is 8. The lowest BCUT2D eigenvalue weighted by Crippen LogP contribution is -2.65. The first kappa shape index (κ1) is 54.8. The fourth-order valence-electron chi connectivity index (χ4n) is 7.06. The van der Waals surface area contributed by atoms with Gasteiger partial charge >= 0.3 is 0 Å². The molecule has 0 radical (unpaired) electrons. The SMILES string of the molecule is CCC/C=C/CC/C=C/CC/C=C/C(O)C(COC1OC(CO)C(OC2OC(CO)C(O)C(O)C2O)C(O)C1O)NC(=O)CCCCCCC/C=C\C/C=C\CCCCCC. The van der Waals surface area contributed by atoms with Crippen molar-refractivity contribution < 1.29 is 64.6 Å². The normalized spacial score (nSPS) is 28.6. The highest BCUT2D eigenvalue weighted by Gasteiger charge is 2.50. The zero-order valence-corrected chi connectivity index (χ0v) is 36.9. The first-order chi connectivity index (χ1) is 29.6. The number of allylic oxidation sites excluding steroid dienone is 9. The lowest BCUT2D eigenvalue weighted by molar-refractivity contribution is -0.359. The number of carbonyl (C=O) groups is 1. The molecule has 352 valence electrons. The summed E-state index contributed by atoms with van der Waals surface area (Å²) in [7, 11) is 0. The van der Waals surface area contributed by atoms with Crippen LogP contribution >= 0.6 is 0 Å². The number of nitrogens with one attached hydrogen (secondary N) is 1. The second-order valence-corrected chi connectivity index (χ2v) is 16.2. The van der Waals surface area contributed by atoms with E-state index in [0.29, 0.717) is 12.8 Å². The van der Waals surface area contributed by atoms with Crippen LogP contribution in [0.3, 0.4) is 0 Å². The van der Waals surface area contributed by atoms with Crippen molar-refractivity contribution in [1.82, 2.24) is 5.32 Å². The summed E-state index contributed by atoms with van der Waals surface area (Å²) in [5, 5.41) is 86.4. The van der Waals surface area contributed by atoms with Gasteiger partial charge in [0.1, 0.15) is 48.8 Å². The third-order valence-corrected chi connectivity index (χ3v) is 10.9. The van der Waals surface area contributed by atoms with Crippen LogP contribution in [0.5, 0.6) is 0 Å². The maximum Gasteiger partial charge on any atom is 0.220 e. The van der Waals surface area contributed by atoms with Gasteiger partial charge in [-0.25, -0.2) is 0 Å². The van der Waals surface area contributed by atoms with Crippen molar-refractivity contribution in [2.75, 3.05) is 19.8 Å². The Hall–Kier alpha value is -2.31. The molecule has 2 saturated heterocycles. The first-order valence-corrected chi connectivity index (χ1v) is 23.0. The van der Waals surface area contributed by atoms with Gasteiger partial charge in [-0.3, -0.25) is 4.79 Å². The highest BCUT2D eigenvalue weighted by molar-refractivity contribution is 5.76. The van der Waals surface area contributed by atoms with E-state index in [2.05, 4.69) is 67.8 Å². The topological polar surface area (TPSA) is 228 Å². The molecule has 12 atom stereocenters. The zero-order chi connectivity index (χ0) is 44.7. The Morgan fingerprint density at radius 3 is 1.75 bits per heavy atom. The maximum atomic E-state index is 13.1. The van der Waals surface area contributed by atoms with E-state index in [1.807, 2.05) is 6.08 Å². The lowest BCUT2D eigenvalue weighted by atomic mass is 9.97. The van der Waals surface area contributed by atoms with Crippen molar-refractivity contribution in [3.63, 3.8) is 0 Å². The van der Waals surface area contributed by atoms with E-state index in [-0.39, 0.29) is 18.9 Å². The molecule has 61 heavy (non-hydrogen) atoms. The molecule has 0 aromatic rings. The van der Waals surface area contributed by atoms with Gasteiger partial charge in [0.2, 0.25) is 5.91 Å². The molecule has 1 amide bonds. The van der Waals surface area contributed by atoms with Gasteiger partial charge in [0.05, 0.1) is 32.0 Å². The van der Waals surface area contributed by atoms with Gasteiger partial charge < -0.3 is 65.1 Å². The molecule has 14 heteroatoms. The number of hydrogen-bond donors (Lipinski definition) is 9. The highest BCUT2D eigenvalue weighted by Crippen LogP contribution is 2.30. The summed E-state index contributed by atoms with van der Waals surface area (Å²) < 4.78 is 22.6. The number of ether oxygens (including phenoxy) is 4. The Morgan fingerprint density at radius 2 is 1.13 bits per heavy atom. The van der Waals surface area contributed by atoms with E-state index in [9.17, 15) is 45.6 Å². The van der Waals surface area contributed by atoms with Crippen molar-refractivity contribution in [2.45, 2.75) is 209 Å². The lowest BCUT2D eigenvalue weighted by Gasteiger charge is -2.46. The summed E-state index contributed by atoms with van der Waals surface area (Å²) in [6, 6.07) is -0.944. The Morgan fingerprint density at radius 1 is 0.590 bits per heavy atom. The summed E-state index contributed by atoms with van der Waals surface area (Å²) >= 11 is 0. The van der Waals surface area contributed by atoms with E-state index in [0.717, 1.165) is 77.0 Å². The molecule has 0 spiro atoms. The van der Waals surface area contributed by atoms with Crippen LogP contribution < -0.4 is 5.32 Å². The first-order valence-electron chi connectivity index (χ1n) is 23.0. The van der Waals surface area contributed by atoms with Gasteiger partial charge in [-0.05, 0) is 70.6 Å². The average molecular weight is 868 g/mol. The molecule has 0 bridgehead atoms. The van der Waals surface area contributed by atoms with Gasteiger partial charge in [-0.1, -0.05) is 120 Å². The van der Waals surface area contributed by atoms with Gasteiger partial charge in [-0.2, -0.15) is 0 Å². The van der Waals surface area contributed by atoms with E-state index < -0.39 is 86.8 Å². The molecule has 12 unspecified atom stereocenters. The third-order valence-electron chi connectivity index (χ3n) is 10.9. The van der Waals surface area contributed by atoms with Crippen molar-refractivity contribution in [2.24, 2.45) is 0 Å². The molecule has 0 aromatic heterocycles. The van der Waals surface area contributed by atoms with Crippen LogP contribution in [-0.2, 0) is 23.7 Å². The standard InChI is InChI=1S/C47H81NO13/c1-3-5-7-9-11-13-15-16-17-18-19-21-23-25-27-29-31-39(52)48-35(36(51)30-28-26-24-22-20-14-12-10-8-6-4-2)34-58-46-44(57)42(55)45(38(33-50)60-46)61-47-43(56)41(54)40(53)37(32-49)59-47/h8,10,13,15,17-18,20,22,28,30,35-38,40-47,49-51,53-57H,3-7,9,11-12,14,16,19,21,23-27,29,31-34H2,1-2H3,(H,48,52)/b10-8+,15-13-,18-17-,22-20+,30-28+. The van der Waals surface area contributed by atoms with Crippen molar-refractivity contribution in [3.05, 3.63) is 60.8 Å². The molecule has 2 heterocycles. The van der Waals surface area contributed by atoms with Gasteiger partial charge in [0.25, 0.3) is 0 Å². The number of amides is 1. The van der Waals surface area contributed by atoms with Crippen molar-refractivity contribution in [1.29, 1.82) is 0 Å². The molecule has 2 aliphatic rings. The number of hydrogen-bond acceptors (Lipinski definition) is 13. The van der Waals surface area contributed by atoms with Crippen molar-refractivity contribution in [3.8, 4) is 0 Å². The quantitative estimate of drug-likeness (QED) is 0.0322. The van der Waals surface area contributed by atoms with E-state index in [4.69, 9.17) is 18.9 Å². The van der Waals surface area contributed by atoms with Crippen LogP contribution in [0, 0.1) is 0 Å². The fraction of sp³-hybridized carbons (Fsp3) is 0.766. The molecule has 14 nitrogen and oxygen atoms in total. The predicted octanol–water partition coefficient (Wildman–Crippen LogP) is 4.71. The Bertz CT molecular complexity index is 1260. The molecule has 9 N–H and O–H groups in total. The molecule has 0 aromatic carbocycles. The van der Waals surface area contributed by atoms with Crippen LogP contribution in [0.4, 0.5) is 0 Å². The third kappa shape index (κ3) is 22.2. The summed E-state index contributed by atoms with van der Waals surface area (Å²) in [6.07, 6.45) is 22.7. The largest absolute Gasteiger partial charge is 0.394 e. The van der Waals surface area contributed by atoms with Gasteiger partial charge in [0.15, 0.2) is 12.6 Å². The predicted molar refractivity (Wildman–Crippen MR) is 235 cm³/mol. The Labute approximate surface area is 365 Å². The zero-order valence-electron chi connectivity index (χ0n) is 36.9. The molecule has 2 rings (SSSR count). The minimum atomic E-state index is -1.79. The van der Waals surface area contributed by atoms with Crippen LogP contribution in [0.15, 0.2) is 60.8 Å². The Kier molecular flexibility index (Phi) is 30.7. The maximum absolute atomic E-state index is 13.1. The molecule has 2 aliphatic heterocycles. The van der Waals surface area contributed by atoms with E-state index in [1.54, 1.807) is 6.08 Å². The second-order valence-electron chi connectivity index (χ2n) is 16.2. The monoisotopic (exact) mass is 868 g/mol. The van der Waals surface area contributed by atoms with Crippen molar-refractivity contribution >= 4 is 5.91 Å². The van der Waals surface area contributed by atoms with Gasteiger partial charge in [-0.15, -0.1) is 0 Å². The van der Waals surface area contributed by atoms with Crippen LogP contribution in [0.25, 0.3) is 0 Å². The smallest absolute Gasteiger partial charge is 0.220 e. The van der Waals surface area contributed by atoms with E-state index >= 15 is 0 Å². The van der Waals surface area contributed by atoms with E-state index in [1.165, 1.54) is 25.7 Å². The molecule has 2 fully saturated rings. The number of carbonyl (C=O) groups excluding carboxylic acids is 1. The summed E-state index contributed by atoms with van der Waals surface area (Å²) in [6.45, 7) is 2.61. The average Bonchev–Trinajstić information content (AvgIpc) is 3.26. The van der Waals surface area contributed by atoms with Crippen LogP contribution in [0.1, 0.15) is 136 Å². The summed E-state index contributed by atoms with van der Waals surface area (Å²) in [4.78, 5) is 13.1. The fourth-order valence-corrected chi connectivity index (χ4v) is 7.06. The second kappa shape index (κ2) is 34.1. The van der Waals surface area contributed by atoms with Gasteiger partial charge in [0, 0.05) is 6.42 Å². The summed E-state index contributed by atoms with van der Waals surface area (Å²) in [5.74, 6) is -0.273.